The highest BCUT2D eigenvalue weighted by Gasteiger charge is 2.26. The van der Waals surface area contributed by atoms with Crippen LogP contribution in [0.2, 0.25) is 0 Å². The van der Waals surface area contributed by atoms with Crippen molar-refractivity contribution >= 4 is 21.4 Å². The molecule has 0 heterocycles. The average molecular weight is 320 g/mol. The number of sulfone groups is 1. The van der Waals surface area contributed by atoms with Crippen LogP contribution in [0.25, 0.3) is 0 Å². The molecule has 1 atom stereocenters. The standard InChI is InChI=1S/C13H18F2N2O3S/c1-2-3-4-11(16)12(18)17-9-5-7-10(8-6-9)21(19,20)13(14)15/h5-8,11,13H,2-4,16H2,1H3,(H,17,18)/t11-/m0/s1. The van der Waals surface area contributed by atoms with Gasteiger partial charge >= 0.3 is 5.76 Å². The van der Waals surface area contributed by atoms with E-state index < -0.39 is 32.4 Å². The monoisotopic (exact) mass is 320 g/mol. The van der Waals surface area contributed by atoms with E-state index in [1.807, 2.05) is 6.92 Å². The van der Waals surface area contributed by atoms with Crippen LogP contribution >= 0.6 is 0 Å². The molecule has 5 nitrogen and oxygen atoms in total. The van der Waals surface area contributed by atoms with Gasteiger partial charge in [-0.25, -0.2) is 8.42 Å². The molecule has 1 amide bonds. The van der Waals surface area contributed by atoms with Crippen LogP contribution in [0, 0.1) is 0 Å². The van der Waals surface area contributed by atoms with E-state index in [0.29, 0.717) is 12.1 Å². The third-order valence-electron chi connectivity index (χ3n) is 2.89. The Balaban J connectivity index is 2.74. The maximum absolute atomic E-state index is 12.4. The molecule has 0 saturated heterocycles. The van der Waals surface area contributed by atoms with Crippen LogP contribution in [0.15, 0.2) is 29.2 Å². The number of alkyl halides is 2. The highest BCUT2D eigenvalue weighted by atomic mass is 32.2. The number of hydrogen-bond acceptors (Lipinski definition) is 4. The molecule has 0 bridgehead atoms. The lowest BCUT2D eigenvalue weighted by Gasteiger charge is -2.12. The van der Waals surface area contributed by atoms with Crippen LogP contribution < -0.4 is 11.1 Å². The molecule has 0 saturated carbocycles. The van der Waals surface area contributed by atoms with Crippen molar-refractivity contribution in [2.45, 2.75) is 42.9 Å². The summed E-state index contributed by atoms with van der Waals surface area (Å²) in [6.45, 7) is 1.98. The fourth-order valence-corrected chi connectivity index (χ4v) is 2.34. The molecule has 0 aliphatic rings. The Bertz CT molecular complexity index is 574. The van der Waals surface area contributed by atoms with Crippen molar-refractivity contribution in [1.29, 1.82) is 0 Å². The Morgan fingerprint density at radius 1 is 1.29 bits per heavy atom. The fraction of sp³-hybridized carbons (Fsp3) is 0.462. The number of amides is 1. The highest BCUT2D eigenvalue weighted by Crippen LogP contribution is 2.20. The molecule has 0 aliphatic heterocycles. The molecule has 3 N–H and O–H groups in total. The number of anilines is 1. The molecule has 118 valence electrons. The van der Waals surface area contributed by atoms with Gasteiger partial charge in [-0.3, -0.25) is 4.79 Å². The highest BCUT2D eigenvalue weighted by molar-refractivity contribution is 7.91. The van der Waals surface area contributed by atoms with E-state index in [2.05, 4.69) is 5.32 Å². The van der Waals surface area contributed by atoms with E-state index >= 15 is 0 Å². The maximum atomic E-state index is 12.4. The summed E-state index contributed by atoms with van der Waals surface area (Å²) in [6, 6.07) is 3.89. The first-order valence-corrected chi connectivity index (χ1v) is 8.02. The molecule has 21 heavy (non-hydrogen) atoms. The summed E-state index contributed by atoms with van der Waals surface area (Å²) in [7, 11) is -4.62. The van der Waals surface area contributed by atoms with Crippen molar-refractivity contribution in [3.63, 3.8) is 0 Å². The summed E-state index contributed by atoms with van der Waals surface area (Å²) in [5.41, 5.74) is 5.99. The largest absolute Gasteiger partial charge is 0.341 e. The Hall–Kier alpha value is -1.54. The Kier molecular flexibility index (Phi) is 6.22. The van der Waals surface area contributed by atoms with Gasteiger partial charge in [-0.15, -0.1) is 0 Å². The molecule has 0 aliphatic carbocycles. The third kappa shape index (κ3) is 4.75. The molecule has 1 rings (SSSR count). The second kappa shape index (κ2) is 7.46. The minimum absolute atomic E-state index is 0.306. The second-order valence-corrected chi connectivity index (χ2v) is 6.49. The second-order valence-electron chi connectivity index (χ2n) is 4.57. The summed E-state index contributed by atoms with van der Waals surface area (Å²) in [6.07, 6.45) is 2.28. The van der Waals surface area contributed by atoms with E-state index in [-0.39, 0.29) is 0 Å². The number of carbonyl (C=O) groups excluding carboxylic acids is 1. The first-order chi connectivity index (χ1) is 9.78. The number of rotatable bonds is 7. The van der Waals surface area contributed by atoms with Crippen LogP contribution in [0.5, 0.6) is 0 Å². The van der Waals surface area contributed by atoms with Gasteiger partial charge in [-0.1, -0.05) is 19.8 Å². The van der Waals surface area contributed by atoms with Crippen molar-refractivity contribution in [2.75, 3.05) is 5.32 Å². The molecular formula is C13H18F2N2O3S. The molecular weight excluding hydrogens is 302 g/mol. The van der Waals surface area contributed by atoms with E-state index in [0.717, 1.165) is 25.0 Å². The van der Waals surface area contributed by atoms with Crippen molar-refractivity contribution in [3.05, 3.63) is 24.3 Å². The van der Waals surface area contributed by atoms with Gasteiger partial charge in [-0.2, -0.15) is 8.78 Å². The number of nitrogens with two attached hydrogens (primary N) is 1. The van der Waals surface area contributed by atoms with Crippen molar-refractivity contribution in [1.82, 2.24) is 0 Å². The average Bonchev–Trinajstić information content (AvgIpc) is 2.45. The molecule has 0 spiro atoms. The molecule has 0 radical (unpaired) electrons. The summed E-state index contributed by atoms with van der Waals surface area (Å²) < 4.78 is 47.2. The van der Waals surface area contributed by atoms with Gasteiger partial charge in [0.25, 0.3) is 0 Å². The van der Waals surface area contributed by atoms with Gasteiger partial charge in [0.05, 0.1) is 10.9 Å². The number of carbonyl (C=O) groups is 1. The van der Waals surface area contributed by atoms with Gasteiger partial charge in [0, 0.05) is 5.69 Å². The Morgan fingerprint density at radius 3 is 2.33 bits per heavy atom. The van der Waals surface area contributed by atoms with Gasteiger partial charge in [0.2, 0.25) is 15.7 Å². The lowest BCUT2D eigenvalue weighted by atomic mass is 10.1. The molecule has 1 aromatic rings. The molecule has 0 fully saturated rings. The van der Waals surface area contributed by atoms with Crippen molar-refractivity contribution in [2.24, 2.45) is 5.73 Å². The minimum atomic E-state index is -4.62. The zero-order valence-electron chi connectivity index (χ0n) is 11.6. The van der Waals surface area contributed by atoms with Crippen molar-refractivity contribution in [3.8, 4) is 0 Å². The summed E-state index contributed by atoms with van der Waals surface area (Å²) in [4.78, 5) is 11.2. The number of unbranched alkanes of at least 4 members (excludes halogenated alkanes) is 1. The van der Waals surface area contributed by atoms with Gasteiger partial charge < -0.3 is 11.1 Å². The first kappa shape index (κ1) is 17.5. The topological polar surface area (TPSA) is 89.3 Å². The smallest absolute Gasteiger partial charge is 0.325 e. The molecule has 0 aromatic heterocycles. The van der Waals surface area contributed by atoms with E-state index in [4.69, 9.17) is 5.73 Å². The van der Waals surface area contributed by atoms with E-state index in [1.165, 1.54) is 12.1 Å². The minimum Gasteiger partial charge on any atom is -0.325 e. The number of benzene rings is 1. The number of halogens is 2. The molecule has 1 aromatic carbocycles. The molecule has 8 heteroatoms. The third-order valence-corrected chi connectivity index (χ3v) is 4.29. The Labute approximate surface area is 122 Å². The van der Waals surface area contributed by atoms with Gasteiger partial charge in [0.1, 0.15) is 0 Å². The van der Waals surface area contributed by atoms with Gasteiger partial charge in [0.15, 0.2) is 0 Å². The van der Waals surface area contributed by atoms with Crippen LogP contribution in [-0.2, 0) is 14.6 Å². The summed E-state index contributed by atoms with van der Waals surface area (Å²) in [5.74, 6) is -3.87. The van der Waals surface area contributed by atoms with Crippen molar-refractivity contribution < 1.29 is 22.0 Å². The fourth-order valence-electron chi connectivity index (χ4n) is 1.62. The normalized spacial score (nSPS) is 13.2. The Morgan fingerprint density at radius 2 is 1.86 bits per heavy atom. The lowest BCUT2D eigenvalue weighted by Crippen LogP contribution is -2.35. The van der Waals surface area contributed by atoms with Crippen LogP contribution in [0.4, 0.5) is 14.5 Å². The van der Waals surface area contributed by atoms with Crippen LogP contribution in [0.1, 0.15) is 26.2 Å². The van der Waals surface area contributed by atoms with Gasteiger partial charge in [-0.05, 0) is 30.7 Å². The number of nitrogens with one attached hydrogen (secondary N) is 1. The summed E-state index contributed by atoms with van der Waals surface area (Å²) >= 11 is 0. The predicted molar refractivity (Wildman–Crippen MR) is 75.8 cm³/mol. The zero-order valence-corrected chi connectivity index (χ0v) is 12.4. The zero-order chi connectivity index (χ0) is 16.0. The first-order valence-electron chi connectivity index (χ1n) is 6.47. The number of hydrogen-bond donors (Lipinski definition) is 2. The summed E-state index contributed by atoms with van der Waals surface area (Å²) in [5, 5.41) is 2.51. The maximum Gasteiger partial charge on any atom is 0.341 e. The van der Waals surface area contributed by atoms with E-state index in [9.17, 15) is 22.0 Å². The van der Waals surface area contributed by atoms with Crippen LogP contribution in [0.3, 0.4) is 0 Å². The van der Waals surface area contributed by atoms with E-state index in [1.54, 1.807) is 0 Å². The predicted octanol–water partition coefficient (Wildman–Crippen LogP) is 2.14. The SMILES string of the molecule is CCCC[C@H](N)C(=O)Nc1ccc(S(=O)(=O)C(F)F)cc1. The lowest BCUT2D eigenvalue weighted by molar-refractivity contribution is -0.117. The molecule has 0 unspecified atom stereocenters. The van der Waals surface area contributed by atoms with Crippen LogP contribution in [-0.4, -0.2) is 26.1 Å². The quantitative estimate of drug-likeness (QED) is 0.805.